The van der Waals surface area contributed by atoms with Gasteiger partial charge in [0, 0.05) is 22.2 Å². The lowest BCUT2D eigenvalue weighted by Crippen LogP contribution is -2.25. The largest absolute Gasteiger partial charge is 0.319 e. The summed E-state index contributed by atoms with van der Waals surface area (Å²) in [5.41, 5.74) is 0. The van der Waals surface area contributed by atoms with Crippen molar-refractivity contribution in [2.45, 2.75) is 31.7 Å². The predicted octanol–water partition coefficient (Wildman–Crippen LogP) is 1.49. The maximum Gasteiger partial charge on any atom is 0.0594 e. The molecular formula is C10H22N2OS. The predicted molar refractivity (Wildman–Crippen MR) is 62.1 cm³/mol. The van der Waals surface area contributed by atoms with Gasteiger partial charge < -0.3 is 5.32 Å². The molecule has 0 unspecified atom stereocenters. The van der Waals surface area contributed by atoms with Gasteiger partial charge in [-0.15, -0.1) is 0 Å². The van der Waals surface area contributed by atoms with E-state index < -0.39 is 9.73 Å². The van der Waals surface area contributed by atoms with Crippen LogP contribution in [0.25, 0.3) is 0 Å². The maximum absolute atomic E-state index is 11.5. The molecule has 1 aliphatic rings. The van der Waals surface area contributed by atoms with Gasteiger partial charge in [-0.05, 0) is 45.2 Å². The lowest BCUT2D eigenvalue weighted by Gasteiger charge is -2.26. The Bertz CT molecular complexity index is 266. The first-order chi connectivity index (χ1) is 6.51. The van der Waals surface area contributed by atoms with Crippen LogP contribution in [0.4, 0.5) is 0 Å². The molecule has 0 amide bonds. The Morgan fingerprint density at radius 1 is 1.29 bits per heavy atom. The second kappa shape index (κ2) is 5.12. The van der Waals surface area contributed by atoms with Gasteiger partial charge in [-0.2, -0.15) is 0 Å². The van der Waals surface area contributed by atoms with E-state index in [0.29, 0.717) is 6.04 Å². The second-order valence-corrected chi connectivity index (χ2v) is 7.09. The van der Waals surface area contributed by atoms with Crippen LogP contribution < -0.4 is 5.32 Å². The van der Waals surface area contributed by atoms with Gasteiger partial charge in [0.25, 0.3) is 0 Å². The zero-order valence-electron chi connectivity index (χ0n) is 9.45. The normalized spacial score (nSPS) is 28.8. The monoisotopic (exact) mass is 218 g/mol. The van der Waals surface area contributed by atoms with E-state index in [0.717, 1.165) is 25.3 Å². The summed E-state index contributed by atoms with van der Waals surface area (Å²) in [6.07, 6.45) is 8.14. The second-order valence-electron chi connectivity index (χ2n) is 4.52. The fraction of sp³-hybridized carbons (Fsp3) is 1.00. The zero-order chi connectivity index (χ0) is 10.6. The van der Waals surface area contributed by atoms with Gasteiger partial charge in [0.05, 0.1) is 6.04 Å². The molecule has 4 heteroatoms. The molecule has 0 spiro atoms. The first-order valence-corrected chi connectivity index (χ1v) is 7.65. The van der Waals surface area contributed by atoms with E-state index in [4.69, 9.17) is 0 Å². The van der Waals surface area contributed by atoms with E-state index in [1.54, 1.807) is 12.5 Å². The summed E-state index contributed by atoms with van der Waals surface area (Å²) in [7, 11) is 0.107. The molecule has 14 heavy (non-hydrogen) atoms. The molecule has 0 saturated heterocycles. The molecule has 1 rings (SSSR count). The molecule has 0 aliphatic heterocycles. The summed E-state index contributed by atoms with van der Waals surface area (Å²) in [5.74, 6) is 0.802. The summed E-state index contributed by atoms with van der Waals surface area (Å²) >= 11 is 0. The molecule has 3 nitrogen and oxygen atoms in total. The minimum absolute atomic E-state index is 0.352. The summed E-state index contributed by atoms with van der Waals surface area (Å²) in [4.78, 5) is 0. The zero-order valence-corrected chi connectivity index (χ0v) is 10.3. The number of hydrogen-bond acceptors (Lipinski definition) is 3. The molecule has 84 valence electrons. The van der Waals surface area contributed by atoms with Gasteiger partial charge >= 0.3 is 0 Å². The van der Waals surface area contributed by atoms with Crippen LogP contribution in [0.2, 0.25) is 0 Å². The molecule has 0 aromatic heterocycles. The van der Waals surface area contributed by atoms with Gasteiger partial charge in [-0.1, -0.05) is 0 Å². The van der Waals surface area contributed by atoms with Gasteiger partial charge in [0.1, 0.15) is 0 Å². The van der Waals surface area contributed by atoms with Crippen LogP contribution in [-0.2, 0) is 9.73 Å². The lowest BCUT2D eigenvalue weighted by atomic mass is 9.86. The summed E-state index contributed by atoms with van der Waals surface area (Å²) in [6, 6.07) is 0.352. The van der Waals surface area contributed by atoms with Crippen molar-refractivity contribution in [2.24, 2.45) is 10.3 Å². The topological polar surface area (TPSA) is 41.5 Å². The van der Waals surface area contributed by atoms with E-state index in [-0.39, 0.29) is 0 Å². The summed E-state index contributed by atoms with van der Waals surface area (Å²) in [5, 5.41) is 3.21. The minimum atomic E-state index is -1.89. The molecule has 0 aromatic carbocycles. The first kappa shape index (κ1) is 12.0. The van der Waals surface area contributed by atoms with E-state index in [1.807, 2.05) is 7.05 Å². The van der Waals surface area contributed by atoms with Crippen LogP contribution in [0.5, 0.6) is 0 Å². The highest BCUT2D eigenvalue weighted by Crippen LogP contribution is 2.26. The first-order valence-electron chi connectivity index (χ1n) is 5.32. The van der Waals surface area contributed by atoms with Crippen LogP contribution in [0.3, 0.4) is 0 Å². The van der Waals surface area contributed by atoms with E-state index >= 15 is 0 Å². The Balaban J connectivity index is 2.40. The Morgan fingerprint density at radius 2 is 1.86 bits per heavy atom. The molecule has 1 N–H and O–H groups in total. The number of nitrogens with one attached hydrogen (secondary N) is 1. The van der Waals surface area contributed by atoms with Crippen molar-refractivity contribution >= 4 is 9.73 Å². The number of hydrogen-bond donors (Lipinski definition) is 1. The smallest absolute Gasteiger partial charge is 0.0594 e. The van der Waals surface area contributed by atoms with Gasteiger partial charge in [0.2, 0.25) is 0 Å². The number of rotatable bonds is 3. The Morgan fingerprint density at radius 3 is 2.29 bits per heavy atom. The Kier molecular flexibility index (Phi) is 4.38. The van der Waals surface area contributed by atoms with Crippen LogP contribution in [0, 0.1) is 5.92 Å². The van der Waals surface area contributed by atoms with E-state index in [2.05, 4.69) is 9.68 Å². The molecule has 1 fully saturated rings. The summed E-state index contributed by atoms with van der Waals surface area (Å²) < 4.78 is 15.9. The fourth-order valence-electron chi connectivity index (χ4n) is 2.10. The quantitative estimate of drug-likeness (QED) is 0.780. The summed E-state index contributed by atoms with van der Waals surface area (Å²) in [6.45, 7) is 1.11. The van der Waals surface area contributed by atoms with Gasteiger partial charge in [0.15, 0.2) is 0 Å². The average molecular weight is 218 g/mol. The third kappa shape index (κ3) is 4.42. The molecule has 0 aromatic rings. The van der Waals surface area contributed by atoms with E-state index in [1.165, 1.54) is 12.8 Å². The highest BCUT2D eigenvalue weighted by atomic mass is 32.2. The Hall–Kier alpha value is -0.0900. The highest BCUT2D eigenvalue weighted by Gasteiger charge is 2.20. The van der Waals surface area contributed by atoms with Crippen molar-refractivity contribution in [3.05, 3.63) is 0 Å². The van der Waals surface area contributed by atoms with Crippen LogP contribution in [-0.4, -0.2) is 36.4 Å². The van der Waals surface area contributed by atoms with Crippen LogP contribution in [0.15, 0.2) is 4.36 Å². The van der Waals surface area contributed by atoms with Crippen molar-refractivity contribution in [1.29, 1.82) is 0 Å². The lowest BCUT2D eigenvalue weighted by molar-refractivity contribution is 0.322. The standard InChI is InChI=1S/C10H22N2OS/c1-11-8-9-4-6-10(7-5-9)12-14(2,3)13/h9-11H,4-8H2,1-3H3. The SMILES string of the molecule is CNCC1CCC(N=S(C)(C)=O)CC1. The molecular weight excluding hydrogens is 196 g/mol. The van der Waals surface area contributed by atoms with Crippen molar-refractivity contribution in [2.75, 3.05) is 26.1 Å². The number of nitrogens with zero attached hydrogens (tertiary/aromatic N) is 1. The van der Waals surface area contributed by atoms with Crippen molar-refractivity contribution in [1.82, 2.24) is 5.32 Å². The average Bonchev–Trinajstić information content (AvgIpc) is 2.06. The van der Waals surface area contributed by atoms with Crippen molar-refractivity contribution in [3.63, 3.8) is 0 Å². The molecule has 0 radical (unpaired) electrons. The van der Waals surface area contributed by atoms with Crippen LogP contribution >= 0.6 is 0 Å². The molecule has 1 aliphatic carbocycles. The Labute approximate surface area is 87.8 Å². The maximum atomic E-state index is 11.5. The molecule has 0 heterocycles. The minimum Gasteiger partial charge on any atom is -0.319 e. The highest BCUT2D eigenvalue weighted by molar-refractivity contribution is 7.92. The fourth-order valence-corrected chi connectivity index (χ4v) is 3.03. The van der Waals surface area contributed by atoms with E-state index in [9.17, 15) is 4.21 Å². The van der Waals surface area contributed by atoms with Gasteiger partial charge in [-0.25, -0.2) is 4.36 Å². The van der Waals surface area contributed by atoms with Crippen LogP contribution in [0.1, 0.15) is 25.7 Å². The van der Waals surface area contributed by atoms with Crippen molar-refractivity contribution < 1.29 is 4.21 Å². The van der Waals surface area contributed by atoms with Gasteiger partial charge in [-0.3, -0.25) is 4.21 Å². The third-order valence-electron chi connectivity index (χ3n) is 2.71. The molecule has 1 saturated carbocycles. The molecule has 0 bridgehead atoms. The van der Waals surface area contributed by atoms with Crippen molar-refractivity contribution in [3.8, 4) is 0 Å². The molecule has 0 atom stereocenters. The third-order valence-corrected chi connectivity index (χ3v) is 3.52.